The van der Waals surface area contributed by atoms with E-state index in [4.69, 9.17) is 11.6 Å². The molecule has 0 radical (unpaired) electrons. The molecular weight excluding hydrogens is 372 g/mol. The Morgan fingerprint density at radius 1 is 1.24 bits per heavy atom. The lowest BCUT2D eigenvalue weighted by Gasteiger charge is -2.25. The quantitative estimate of drug-likeness (QED) is 0.631. The van der Waals surface area contributed by atoms with E-state index in [-0.39, 0.29) is 11.3 Å². The maximum absolute atomic E-state index is 12.3. The van der Waals surface area contributed by atoms with Crippen molar-refractivity contribution in [3.8, 4) is 9.88 Å². The summed E-state index contributed by atoms with van der Waals surface area (Å²) in [5.41, 5.74) is 1.73. The number of carbonyl (C=O) groups is 1. The van der Waals surface area contributed by atoms with E-state index in [2.05, 4.69) is 24.1 Å². The van der Waals surface area contributed by atoms with Crippen molar-refractivity contribution in [3.05, 3.63) is 63.4 Å². The molecule has 0 saturated heterocycles. The van der Waals surface area contributed by atoms with Crippen molar-refractivity contribution in [1.29, 1.82) is 0 Å². The number of benzene rings is 1. The van der Waals surface area contributed by atoms with Crippen molar-refractivity contribution in [3.63, 3.8) is 0 Å². The summed E-state index contributed by atoms with van der Waals surface area (Å²) in [7, 11) is 0. The lowest BCUT2D eigenvalue weighted by Crippen LogP contribution is -2.37. The summed E-state index contributed by atoms with van der Waals surface area (Å²) in [4.78, 5) is 18.0. The van der Waals surface area contributed by atoms with Crippen molar-refractivity contribution < 1.29 is 4.79 Å². The van der Waals surface area contributed by atoms with Gasteiger partial charge in [-0.3, -0.25) is 4.79 Å². The Morgan fingerprint density at radius 3 is 2.80 bits per heavy atom. The van der Waals surface area contributed by atoms with E-state index in [9.17, 15) is 4.79 Å². The second kappa shape index (κ2) is 7.68. The van der Waals surface area contributed by atoms with Gasteiger partial charge in [-0.15, -0.1) is 22.7 Å². The van der Waals surface area contributed by atoms with Crippen LogP contribution in [0.25, 0.3) is 9.88 Å². The van der Waals surface area contributed by atoms with Crippen molar-refractivity contribution in [2.75, 3.05) is 6.54 Å². The third-order valence-corrected chi connectivity index (χ3v) is 6.12. The minimum atomic E-state index is -0.190. The van der Waals surface area contributed by atoms with Crippen LogP contribution in [0.4, 0.5) is 0 Å². The van der Waals surface area contributed by atoms with E-state index in [0.29, 0.717) is 18.0 Å². The molecule has 0 aliphatic heterocycles. The number of hydrogen-bond donors (Lipinski definition) is 1. The maximum atomic E-state index is 12.3. The molecule has 3 nitrogen and oxygen atoms in total. The van der Waals surface area contributed by atoms with E-state index in [1.807, 2.05) is 47.2 Å². The second-order valence-electron chi connectivity index (χ2n) is 6.47. The van der Waals surface area contributed by atoms with Gasteiger partial charge >= 0.3 is 0 Å². The van der Waals surface area contributed by atoms with Crippen LogP contribution >= 0.6 is 34.3 Å². The smallest absolute Gasteiger partial charge is 0.226 e. The van der Waals surface area contributed by atoms with Crippen LogP contribution in [0.15, 0.2) is 47.2 Å². The van der Waals surface area contributed by atoms with Crippen LogP contribution < -0.4 is 5.32 Å². The molecule has 0 spiro atoms. The minimum absolute atomic E-state index is 0.0156. The molecule has 6 heteroatoms. The molecule has 0 unspecified atom stereocenters. The van der Waals surface area contributed by atoms with Gasteiger partial charge in [-0.05, 0) is 29.1 Å². The first-order valence-electron chi connectivity index (χ1n) is 7.95. The molecule has 1 amide bonds. The van der Waals surface area contributed by atoms with Crippen LogP contribution in [0.1, 0.15) is 25.1 Å². The van der Waals surface area contributed by atoms with Gasteiger partial charge < -0.3 is 5.32 Å². The molecule has 2 heterocycles. The van der Waals surface area contributed by atoms with Crippen LogP contribution in [0.5, 0.6) is 0 Å². The first-order valence-corrected chi connectivity index (χ1v) is 10.1. The predicted molar refractivity (Wildman–Crippen MR) is 107 cm³/mol. The fourth-order valence-corrected chi connectivity index (χ4v) is 4.28. The van der Waals surface area contributed by atoms with Crippen LogP contribution in [0, 0.1) is 0 Å². The number of nitrogens with zero attached hydrogens (tertiary/aromatic N) is 1. The van der Waals surface area contributed by atoms with Gasteiger partial charge in [0.1, 0.15) is 5.01 Å². The Morgan fingerprint density at radius 2 is 2.08 bits per heavy atom. The average Bonchev–Trinajstić information content (AvgIpc) is 3.24. The number of hydrogen-bond acceptors (Lipinski definition) is 4. The van der Waals surface area contributed by atoms with Crippen LogP contribution in [0.2, 0.25) is 5.02 Å². The molecule has 0 aliphatic rings. The number of rotatable bonds is 6. The number of carbonyl (C=O) groups excluding carboxylic acids is 1. The average molecular weight is 391 g/mol. The fourth-order valence-electron chi connectivity index (χ4n) is 2.46. The number of nitrogens with one attached hydrogen (secondary N) is 1. The number of amides is 1. The van der Waals surface area contributed by atoms with E-state index >= 15 is 0 Å². The van der Waals surface area contributed by atoms with Gasteiger partial charge in [0.2, 0.25) is 5.91 Å². The summed E-state index contributed by atoms with van der Waals surface area (Å²) >= 11 is 9.31. The predicted octanol–water partition coefficient (Wildman–Crippen LogP) is 5.16. The summed E-state index contributed by atoms with van der Waals surface area (Å²) in [5.74, 6) is -0.0156. The fraction of sp³-hybridized carbons (Fsp3) is 0.263. The van der Waals surface area contributed by atoms with E-state index < -0.39 is 0 Å². The highest BCUT2D eigenvalue weighted by Gasteiger charge is 2.22. The Labute approximate surface area is 160 Å². The molecule has 3 aromatic rings. The summed E-state index contributed by atoms with van der Waals surface area (Å²) in [6.45, 7) is 4.74. The van der Waals surface area contributed by atoms with Crippen LogP contribution in [0.3, 0.4) is 0 Å². The monoisotopic (exact) mass is 390 g/mol. The zero-order chi connectivity index (χ0) is 17.9. The summed E-state index contributed by atoms with van der Waals surface area (Å²) in [5, 5.41) is 8.68. The molecule has 0 atom stereocenters. The summed E-state index contributed by atoms with van der Waals surface area (Å²) in [6.07, 6.45) is 0.299. The Hall–Kier alpha value is -1.69. The standard InChI is InChI=1S/C19H19ClN2OS2/c1-19(2,13-5-3-6-14(20)9-13)12-21-17(23)10-15-11-25-18(22-15)16-7-4-8-24-16/h3-9,11H,10,12H2,1-2H3,(H,21,23). The van der Waals surface area contributed by atoms with Gasteiger partial charge in [0.25, 0.3) is 0 Å². The highest BCUT2D eigenvalue weighted by atomic mass is 35.5. The van der Waals surface area contributed by atoms with Crippen molar-refractivity contribution in [2.24, 2.45) is 0 Å². The highest BCUT2D eigenvalue weighted by Crippen LogP contribution is 2.28. The topological polar surface area (TPSA) is 42.0 Å². The molecule has 130 valence electrons. The molecule has 1 N–H and O–H groups in total. The Kier molecular flexibility index (Phi) is 5.57. The highest BCUT2D eigenvalue weighted by molar-refractivity contribution is 7.20. The Bertz CT molecular complexity index is 856. The number of thiazole rings is 1. The van der Waals surface area contributed by atoms with Crippen molar-refractivity contribution in [2.45, 2.75) is 25.7 Å². The SMILES string of the molecule is CC(C)(CNC(=O)Cc1csc(-c2cccs2)n1)c1cccc(Cl)c1. The van der Waals surface area contributed by atoms with E-state index in [1.54, 1.807) is 22.7 Å². The third-order valence-electron chi connectivity index (χ3n) is 3.96. The normalized spacial score (nSPS) is 11.5. The first kappa shape index (κ1) is 18.1. The molecule has 3 rings (SSSR count). The molecule has 25 heavy (non-hydrogen) atoms. The zero-order valence-corrected chi connectivity index (χ0v) is 16.5. The zero-order valence-electron chi connectivity index (χ0n) is 14.1. The van der Waals surface area contributed by atoms with Crippen LogP contribution in [-0.2, 0) is 16.6 Å². The third kappa shape index (κ3) is 4.69. The summed E-state index contributed by atoms with van der Waals surface area (Å²) < 4.78 is 0. The molecule has 0 saturated carbocycles. The van der Waals surface area contributed by atoms with E-state index in [1.165, 1.54) is 0 Å². The van der Waals surface area contributed by atoms with Gasteiger partial charge in [0.05, 0.1) is 17.0 Å². The van der Waals surface area contributed by atoms with Gasteiger partial charge in [-0.1, -0.05) is 43.6 Å². The van der Waals surface area contributed by atoms with Gasteiger partial charge in [-0.25, -0.2) is 4.98 Å². The lowest BCUT2D eigenvalue weighted by molar-refractivity contribution is -0.120. The van der Waals surface area contributed by atoms with Gasteiger partial charge in [-0.2, -0.15) is 0 Å². The molecule has 0 aliphatic carbocycles. The molecule has 0 bridgehead atoms. The maximum Gasteiger partial charge on any atom is 0.226 e. The van der Waals surface area contributed by atoms with Gasteiger partial charge in [0.15, 0.2) is 0 Å². The number of halogens is 1. The summed E-state index contributed by atoms with van der Waals surface area (Å²) in [6, 6.07) is 11.8. The minimum Gasteiger partial charge on any atom is -0.355 e. The molecule has 2 aromatic heterocycles. The van der Waals surface area contributed by atoms with E-state index in [0.717, 1.165) is 21.1 Å². The number of thiophene rings is 1. The van der Waals surface area contributed by atoms with Crippen LogP contribution in [-0.4, -0.2) is 17.4 Å². The first-order chi connectivity index (χ1) is 11.9. The molecular formula is C19H19ClN2OS2. The molecule has 0 fully saturated rings. The lowest BCUT2D eigenvalue weighted by atomic mass is 9.84. The number of aromatic nitrogens is 1. The molecule has 1 aromatic carbocycles. The largest absolute Gasteiger partial charge is 0.355 e. The van der Waals surface area contributed by atoms with Crippen molar-refractivity contribution in [1.82, 2.24) is 10.3 Å². The Balaban J connectivity index is 1.58. The van der Waals surface area contributed by atoms with Gasteiger partial charge in [0, 0.05) is 22.4 Å². The second-order valence-corrected chi connectivity index (χ2v) is 8.71. The van der Waals surface area contributed by atoms with Crippen molar-refractivity contribution >= 4 is 40.2 Å².